The molecule has 0 aromatic carbocycles. The van der Waals surface area contributed by atoms with E-state index in [0.717, 1.165) is 0 Å². The molecule has 0 fully saturated rings. The SMILES string of the molecule is COCC#Cc1cnc2c(c1)C(=O)N([C@H](C)CO)C[C@@H](C)[C@@H](CN(C)C(=O)c1cccnc1)O2. The number of carbonyl (C=O) groups is 2. The van der Waals surface area contributed by atoms with Gasteiger partial charge in [-0.2, -0.15) is 0 Å². The molecule has 0 unspecified atom stereocenters. The van der Waals surface area contributed by atoms with Gasteiger partial charge in [0, 0.05) is 50.8 Å². The van der Waals surface area contributed by atoms with Crippen molar-refractivity contribution in [1.29, 1.82) is 0 Å². The van der Waals surface area contributed by atoms with Gasteiger partial charge >= 0.3 is 0 Å². The van der Waals surface area contributed by atoms with Crippen LogP contribution in [-0.2, 0) is 4.74 Å². The molecule has 0 spiro atoms. The van der Waals surface area contributed by atoms with Crippen molar-refractivity contribution in [2.45, 2.75) is 26.0 Å². The molecule has 1 aliphatic heterocycles. The van der Waals surface area contributed by atoms with Crippen LogP contribution in [0.2, 0.25) is 0 Å². The maximum atomic E-state index is 13.4. The predicted octanol–water partition coefficient (Wildman–Crippen LogP) is 1.47. The summed E-state index contributed by atoms with van der Waals surface area (Å²) in [6.07, 6.45) is 4.24. The summed E-state index contributed by atoms with van der Waals surface area (Å²) in [6, 6.07) is 4.66. The number of methoxy groups -OCH3 is 1. The summed E-state index contributed by atoms with van der Waals surface area (Å²) in [4.78, 5) is 37.8. The molecule has 3 atom stereocenters. The number of rotatable bonds is 6. The lowest BCUT2D eigenvalue weighted by molar-refractivity contribution is 0.0313. The number of likely N-dealkylation sites (N-methyl/N-ethyl adjacent to an activating group) is 1. The minimum absolute atomic E-state index is 0.141. The lowest BCUT2D eigenvalue weighted by atomic mass is 9.99. The number of hydrogen-bond acceptors (Lipinski definition) is 7. The van der Waals surface area contributed by atoms with E-state index < -0.39 is 12.1 Å². The van der Waals surface area contributed by atoms with Gasteiger partial charge in [-0.3, -0.25) is 14.6 Å². The van der Waals surface area contributed by atoms with Crippen LogP contribution in [-0.4, -0.2) is 89.3 Å². The first-order chi connectivity index (χ1) is 16.3. The average Bonchev–Trinajstić information content (AvgIpc) is 2.86. The third-order valence-corrected chi connectivity index (χ3v) is 5.68. The van der Waals surface area contributed by atoms with Crippen molar-refractivity contribution in [2.24, 2.45) is 5.92 Å². The van der Waals surface area contributed by atoms with Crippen LogP contribution in [0.4, 0.5) is 0 Å². The molecule has 0 saturated carbocycles. The van der Waals surface area contributed by atoms with E-state index in [9.17, 15) is 14.7 Å². The minimum atomic E-state index is -0.441. The highest BCUT2D eigenvalue weighted by molar-refractivity contribution is 5.97. The van der Waals surface area contributed by atoms with Gasteiger partial charge in [-0.05, 0) is 25.1 Å². The Hall–Kier alpha value is -3.48. The van der Waals surface area contributed by atoms with Crippen LogP contribution in [0.3, 0.4) is 0 Å². The first-order valence-corrected chi connectivity index (χ1v) is 11.1. The van der Waals surface area contributed by atoms with Crippen molar-refractivity contribution in [3.63, 3.8) is 0 Å². The second-order valence-corrected chi connectivity index (χ2v) is 8.36. The summed E-state index contributed by atoms with van der Waals surface area (Å²) in [7, 11) is 3.25. The van der Waals surface area contributed by atoms with Gasteiger partial charge in [0.25, 0.3) is 11.8 Å². The van der Waals surface area contributed by atoms with Gasteiger partial charge in [0.1, 0.15) is 18.3 Å². The van der Waals surface area contributed by atoms with Crippen molar-refractivity contribution in [3.05, 3.63) is 53.5 Å². The van der Waals surface area contributed by atoms with Crippen LogP contribution in [0, 0.1) is 17.8 Å². The third kappa shape index (κ3) is 5.90. The highest BCUT2D eigenvalue weighted by Gasteiger charge is 2.34. The Balaban J connectivity index is 1.93. The number of fused-ring (bicyclic) bond motifs is 1. The van der Waals surface area contributed by atoms with Crippen molar-refractivity contribution < 1.29 is 24.2 Å². The topological polar surface area (TPSA) is 105 Å². The molecule has 2 amide bonds. The molecule has 2 aromatic rings. The zero-order valence-corrected chi connectivity index (χ0v) is 19.9. The molecule has 0 radical (unpaired) electrons. The van der Waals surface area contributed by atoms with Gasteiger partial charge in [-0.1, -0.05) is 18.8 Å². The number of pyridine rings is 2. The summed E-state index contributed by atoms with van der Waals surface area (Å²) in [6.45, 7) is 4.44. The lowest BCUT2D eigenvalue weighted by Crippen LogP contribution is -2.50. The lowest BCUT2D eigenvalue weighted by Gasteiger charge is -2.37. The van der Waals surface area contributed by atoms with Crippen LogP contribution in [0.5, 0.6) is 5.88 Å². The number of amides is 2. The quantitative estimate of drug-likeness (QED) is 0.643. The van der Waals surface area contributed by atoms with Crippen molar-refractivity contribution >= 4 is 11.8 Å². The summed E-state index contributed by atoms with van der Waals surface area (Å²) in [5.74, 6) is 5.34. The highest BCUT2D eigenvalue weighted by Crippen LogP contribution is 2.27. The maximum Gasteiger partial charge on any atom is 0.259 e. The molecule has 3 heterocycles. The third-order valence-electron chi connectivity index (χ3n) is 5.68. The van der Waals surface area contributed by atoms with Crippen molar-refractivity contribution in [1.82, 2.24) is 19.8 Å². The Labute approximate surface area is 199 Å². The van der Waals surface area contributed by atoms with Crippen LogP contribution < -0.4 is 4.74 Å². The second kappa shape index (κ2) is 11.6. The second-order valence-electron chi connectivity index (χ2n) is 8.36. The number of aliphatic hydroxyl groups is 1. The first kappa shape index (κ1) is 25.1. The fourth-order valence-corrected chi connectivity index (χ4v) is 3.66. The largest absolute Gasteiger partial charge is 0.472 e. The van der Waals surface area contributed by atoms with E-state index in [0.29, 0.717) is 17.7 Å². The van der Waals surface area contributed by atoms with E-state index in [1.807, 2.05) is 6.92 Å². The Morgan fingerprint density at radius 3 is 2.91 bits per heavy atom. The average molecular weight is 467 g/mol. The van der Waals surface area contributed by atoms with E-state index in [4.69, 9.17) is 9.47 Å². The van der Waals surface area contributed by atoms with Crippen molar-refractivity contribution in [2.75, 3.05) is 40.5 Å². The standard InChI is InChI=1S/C25H30N4O5/c1-17-14-29(18(2)16-30)25(32)21-11-19(7-6-10-33-4)12-27-23(21)34-22(17)15-28(3)24(31)20-8-5-9-26-13-20/h5,8-9,11-13,17-18,22,30H,10,14-16H2,1-4H3/t17-,18-,22-/m1/s1. The summed E-state index contributed by atoms with van der Waals surface area (Å²) >= 11 is 0. The van der Waals surface area contributed by atoms with E-state index in [1.54, 1.807) is 61.5 Å². The number of carbonyl (C=O) groups excluding carboxylic acids is 2. The highest BCUT2D eigenvalue weighted by atomic mass is 16.5. The number of nitrogens with zero attached hydrogens (tertiary/aromatic N) is 4. The number of hydrogen-bond donors (Lipinski definition) is 1. The van der Waals surface area contributed by atoms with E-state index in [1.165, 1.54) is 6.20 Å². The smallest absolute Gasteiger partial charge is 0.259 e. The van der Waals surface area contributed by atoms with Gasteiger partial charge in [-0.15, -0.1) is 0 Å². The van der Waals surface area contributed by atoms with Gasteiger partial charge in [0.05, 0.1) is 24.8 Å². The Bertz CT molecular complexity index is 1070. The molecule has 2 aromatic heterocycles. The zero-order valence-electron chi connectivity index (χ0n) is 19.9. The molecule has 180 valence electrons. The molecule has 34 heavy (non-hydrogen) atoms. The minimum Gasteiger partial charge on any atom is -0.472 e. The molecule has 0 aliphatic carbocycles. The fourth-order valence-electron chi connectivity index (χ4n) is 3.66. The molecule has 0 saturated heterocycles. The summed E-state index contributed by atoms with van der Waals surface area (Å²) < 4.78 is 11.2. The Morgan fingerprint density at radius 2 is 2.24 bits per heavy atom. The molecule has 0 bridgehead atoms. The monoisotopic (exact) mass is 466 g/mol. The van der Waals surface area contributed by atoms with Gasteiger partial charge in [-0.25, -0.2) is 4.98 Å². The molecular formula is C25H30N4O5. The zero-order chi connectivity index (χ0) is 24.7. The molecule has 9 nitrogen and oxygen atoms in total. The van der Waals surface area contributed by atoms with Gasteiger partial charge in [0.2, 0.25) is 5.88 Å². The van der Waals surface area contributed by atoms with Crippen LogP contribution in [0.15, 0.2) is 36.8 Å². The Kier molecular flexibility index (Phi) is 8.57. The van der Waals surface area contributed by atoms with Crippen LogP contribution in [0.1, 0.15) is 40.1 Å². The molecule has 9 heteroatoms. The molecule has 1 N–H and O–H groups in total. The number of aliphatic hydroxyl groups excluding tert-OH is 1. The maximum absolute atomic E-state index is 13.4. The molecular weight excluding hydrogens is 436 g/mol. The summed E-state index contributed by atoms with van der Waals surface area (Å²) in [5.41, 5.74) is 1.30. The van der Waals surface area contributed by atoms with Crippen LogP contribution in [0.25, 0.3) is 0 Å². The van der Waals surface area contributed by atoms with E-state index >= 15 is 0 Å². The van der Waals surface area contributed by atoms with E-state index in [-0.39, 0.29) is 48.9 Å². The van der Waals surface area contributed by atoms with Gasteiger partial charge in [0.15, 0.2) is 0 Å². The Morgan fingerprint density at radius 1 is 1.44 bits per heavy atom. The first-order valence-electron chi connectivity index (χ1n) is 11.1. The summed E-state index contributed by atoms with van der Waals surface area (Å²) in [5, 5.41) is 9.77. The molecule has 3 rings (SSSR count). The van der Waals surface area contributed by atoms with Crippen molar-refractivity contribution in [3.8, 4) is 17.7 Å². The normalized spacial score (nSPS) is 18.5. The number of aromatic nitrogens is 2. The van der Waals surface area contributed by atoms with Gasteiger partial charge < -0.3 is 24.4 Å². The van der Waals surface area contributed by atoms with Crippen LogP contribution >= 0.6 is 0 Å². The van der Waals surface area contributed by atoms with E-state index in [2.05, 4.69) is 21.8 Å². The fraction of sp³-hybridized carbons (Fsp3) is 0.440. The molecule has 1 aliphatic rings. The predicted molar refractivity (Wildman–Crippen MR) is 125 cm³/mol. The number of ether oxygens (including phenoxy) is 2.